The summed E-state index contributed by atoms with van der Waals surface area (Å²) in [6.07, 6.45) is 13.7. The first kappa shape index (κ1) is 15.3. The summed E-state index contributed by atoms with van der Waals surface area (Å²) in [6.45, 7) is 0. The van der Waals surface area contributed by atoms with Crippen molar-refractivity contribution in [2.24, 2.45) is 0 Å². The van der Waals surface area contributed by atoms with Crippen molar-refractivity contribution in [1.82, 2.24) is 15.4 Å². The molecule has 0 unspecified atom stereocenters. The lowest BCUT2D eigenvalue weighted by atomic mass is 10.0. The summed E-state index contributed by atoms with van der Waals surface area (Å²) in [4.78, 5) is 14.3. The van der Waals surface area contributed by atoms with E-state index in [0.29, 0.717) is 5.70 Å². The van der Waals surface area contributed by atoms with Gasteiger partial charge in [-0.25, -0.2) is 0 Å². The lowest BCUT2D eigenvalue weighted by molar-refractivity contribution is 0.0958. The maximum absolute atomic E-state index is 12.2. The molecule has 0 bridgehead atoms. The van der Waals surface area contributed by atoms with Gasteiger partial charge in [0.1, 0.15) is 17.1 Å². The number of hydrogen-bond donors (Lipinski definition) is 1. The predicted octanol–water partition coefficient (Wildman–Crippen LogP) is 1.17. The van der Waals surface area contributed by atoms with Gasteiger partial charge in [-0.1, -0.05) is 11.2 Å². The molecule has 0 aliphatic heterocycles. The summed E-state index contributed by atoms with van der Waals surface area (Å²) in [6, 6.07) is 1.52. The lowest BCUT2D eigenvalue weighted by Gasteiger charge is -2.18. The first-order valence-corrected chi connectivity index (χ1v) is 7.93. The maximum atomic E-state index is 12.2. The Morgan fingerprint density at radius 1 is 1.24 bits per heavy atom. The molecule has 2 aromatic rings. The van der Waals surface area contributed by atoms with Gasteiger partial charge in [0.2, 0.25) is 0 Å². The van der Waals surface area contributed by atoms with E-state index in [0.717, 1.165) is 28.4 Å². The third-order valence-corrected chi connectivity index (χ3v) is 4.22. The summed E-state index contributed by atoms with van der Waals surface area (Å²) >= 11 is 0. The molecule has 0 radical (unpaired) electrons. The fraction of sp³-hybridized carbons (Fsp3) is 0.158. The van der Waals surface area contributed by atoms with Crippen LogP contribution in [0, 0.1) is 0 Å². The zero-order valence-corrected chi connectivity index (χ0v) is 13.9. The second kappa shape index (κ2) is 5.98. The van der Waals surface area contributed by atoms with Gasteiger partial charge in [-0.2, -0.15) is 0 Å². The Hall–Kier alpha value is -3.28. The number of hydrogen-bond acceptors (Lipinski definition) is 5. The van der Waals surface area contributed by atoms with Crippen LogP contribution in [-0.2, 0) is 6.42 Å². The van der Waals surface area contributed by atoms with Gasteiger partial charge >= 0.3 is 0 Å². The van der Waals surface area contributed by atoms with Crippen molar-refractivity contribution in [3.8, 4) is 0 Å². The molecule has 2 heterocycles. The number of fused-ring (bicyclic) bond motifs is 3. The van der Waals surface area contributed by atoms with Crippen molar-refractivity contribution in [3.05, 3.63) is 69.6 Å². The molecular weight excluding hydrogens is 318 g/mol. The van der Waals surface area contributed by atoms with E-state index in [-0.39, 0.29) is 11.6 Å². The van der Waals surface area contributed by atoms with Crippen LogP contribution in [0.15, 0.2) is 50.9 Å². The molecule has 0 fully saturated rings. The van der Waals surface area contributed by atoms with Crippen LogP contribution in [0.5, 0.6) is 0 Å². The van der Waals surface area contributed by atoms with Crippen LogP contribution in [-0.4, -0.2) is 30.1 Å². The summed E-state index contributed by atoms with van der Waals surface area (Å²) in [5, 5.41) is 6.51. The van der Waals surface area contributed by atoms with Gasteiger partial charge in [0, 0.05) is 49.1 Å². The third kappa shape index (κ3) is 2.82. The van der Waals surface area contributed by atoms with E-state index in [9.17, 15) is 4.79 Å². The maximum Gasteiger partial charge on any atom is 0.277 e. The molecule has 6 nitrogen and oxygen atoms in total. The standard InChI is InChI=1S/C19H17N3O3/c1-22(2)13-6-7-18-15(11-13)14-10-12(4-3-5-17(14)25-18)20-19(23)16-8-9-24-21-16/h3-10H,11H2,1-2H3,(H,20,23). The molecule has 2 aliphatic rings. The van der Waals surface area contributed by atoms with Gasteiger partial charge in [0.15, 0.2) is 5.69 Å². The molecule has 4 rings (SSSR count). The highest BCUT2D eigenvalue weighted by molar-refractivity contribution is 5.94. The lowest BCUT2D eigenvalue weighted by Crippen LogP contribution is -2.22. The van der Waals surface area contributed by atoms with Crippen LogP contribution in [0.3, 0.4) is 0 Å². The van der Waals surface area contributed by atoms with E-state index < -0.39 is 0 Å². The van der Waals surface area contributed by atoms with Crippen LogP contribution in [0.4, 0.5) is 0 Å². The molecule has 1 N–H and O–H groups in total. The molecule has 0 atom stereocenters. The Labute approximate surface area is 144 Å². The number of carbonyl (C=O) groups is 1. The monoisotopic (exact) mass is 335 g/mol. The van der Waals surface area contributed by atoms with Crippen LogP contribution in [0.1, 0.15) is 21.6 Å². The molecular formula is C19H17N3O3. The van der Waals surface area contributed by atoms with E-state index in [1.54, 1.807) is 0 Å². The van der Waals surface area contributed by atoms with Gasteiger partial charge in [0.25, 0.3) is 5.91 Å². The molecule has 2 aliphatic carbocycles. The minimum absolute atomic E-state index is 0.239. The van der Waals surface area contributed by atoms with E-state index in [1.807, 2.05) is 44.5 Å². The van der Waals surface area contributed by atoms with Gasteiger partial charge in [-0.05, 0) is 30.4 Å². The van der Waals surface area contributed by atoms with Crippen LogP contribution in [0.25, 0.3) is 18.2 Å². The molecule has 25 heavy (non-hydrogen) atoms. The first-order chi connectivity index (χ1) is 12.1. The van der Waals surface area contributed by atoms with Crippen molar-refractivity contribution in [1.29, 1.82) is 0 Å². The normalized spacial score (nSPS) is 15.0. The number of allylic oxidation sites excluding steroid dienone is 4. The van der Waals surface area contributed by atoms with E-state index in [4.69, 9.17) is 8.94 Å². The fourth-order valence-electron chi connectivity index (χ4n) is 2.88. The van der Waals surface area contributed by atoms with Crippen molar-refractivity contribution < 1.29 is 13.7 Å². The van der Waals surface area contributed by atoms with Crippen LogP contribution in [0.2, 0.25) is 0 Å². The number of amides is 1. The highest BCUT2D eigenvalue weighted by Gasteiger charge is 2.18. The Bertz CT molecular complexity index is 1030. The average Bonchev–Trinajstić information content (AvgIpc) is 3.19. The summed E-state index contributed by atoms with van der Waals surface area (Å²) < 4.78 is 10.7. The van der Waals surface area contributed by atoms with E-state index in [2.05, 4.69) is 21.4 Å². The number of carbonyl (C=O) groups excluding carboxylic acids is 1. The van der Waals surface area contributed by atoms with Crippen molar-refractivity contribution in [2.45, 2.75) is 6.42 Å². The van der Waals surface area contributed by atoms with E-state index >= 15 is 0 Å². The minimum atomic E-state index is -0.314. The van der Waals surface area contributed by atoms with Crippen molar-refractivity contribution >= 4 is 24.1 Å². The summed E-state index contributed by atoms with van der Waals surface area (Å²) in [7, 11) is 4.05. The largest absolute Gasteiger partial charge is 0.456 e. The molecule has 2 aromatic heterocycles. The molecule has 0 saturated carbocycles. The van der Waals surface area contributed by atoms with Gasteiger partial charge in [0.05, 0.1) is 0 Å². The SMILES string of the molecule is CN(C)C1=CC=c2oc3c(c2C1)C=C(NC(=O)c1ccon1)C=CC=3. The second-order valence-corrected chi connectivity index (χ2v) is 6.08. The molecule has 0 aromatic carbocycles. The first-order valence-electron chi connectivity index (χ1n) is 7.93. The number of likely N-dealkylation sites (N-methyl/N-ethyl adjacent to an activating group) is 1. The number of furan rings is 1. The quantitative estimate of drug-likeness (QED) is 0.912. The number of nitrogens with zero attached hydrogens (tertiary/aromatic N) is 2. The number of aromatic nitrogens is 1. The fourth-order valence-corrected chi connectivity index (χ4v) is 2.88. The zero-order valence-electron chi connectivity index (χ0n) is 13.9. The number of rotatable bonds is 3. The highest BCUT2D eigenvalue weighted by Crippen LogP contribution is 2.17. The Morgan fingerprint density at radius 2 is 2.12 bits per heavy atom. The average molecular weight is 335 g/mol. The zero-order chi connectivity index (χ0) is 17.4. The molecule has 0 saturated heterocycles. The minimum Gasteiger partial charge on any atom is -0.456 e. The Kier molecular flexibility index (Phi) is 3.65. The summed E-state index contributed by atoms with van der Waals surface area (Å²) in [5.74, 6) is -0.314. The van der Waals surface area contributed by atoms with Gasteiger partial charge < -0.3 is 19.2 Å². The third-order valence-electron chi connectivity index (χ3n) is 4.22. The topological polar surface area (TPSA) is 71.5 Å². The summed E-state index contributed by atoms with van der Waals surface area (Å²) in [5.41, 5.74) is 5.87. The van der Waals surface area contributed by atoms with E-state index in [1.165, 1.54) is 18.0 Å². The molecule has 126 valence electrons. The molecule has 0 spiro atoms. The smallest absolute Gasteiger partial charge is 0.277 e. The Balaban J connectivity index is 1.70. The van der Waals surface area contributed by atoms with Crippen LogP contribution >= 0.6 is 0 Å². The van der Waals surface area contributed by atoms with Crippen molar-refractivity contribution in [3.63, 3.8) is 0 Å². The Morgan fingerprint density at radius 3 is 2.88 bits per heavy atom. The predicted molar refractivity (Wildman–Crippen MR) is 93.4 cm³/mol. The molecule has 1 amide bonds. The highest BCUT2D eigenvalue weighted by atomic mass is 16.5. The van der Waals surface area contributed by atoms with Gasteiger partial charge in [-0.15, -0.1) is 0 Å². The molecule has 6 heteroatoms. The van der Waals surface area contributed by atoms with Crippen LogP contribution < -0.4 is 16.1 Å². The number of nitrogens with one attached hydrogen (secondary N) is 1. The van der Waals surface area contributed by atoms with Crippen molar-refractivity contribution in [2.75, 3.05) is 14.1 Å². The van der Waals surface area contributed by atoms with Gasteiger partial charge in [-0.3, -0.25) is 4.79 Å². The second-order valence-electron chi connectivity index (χ2n) is 6.08.